The SMILES string of the molecule is CC(CCC(=O)NC(C)(C)CC(C)(C)C)OCCC(C)(C)C. The van der Waals surface area contributed by atoms with Crippen molar-refractivity contribution < 1.29 is 9.53 Å². The molecular formula is C19H39NO2. The van der Waals surface area contributed by atoms with Gasteiger partial charge in [0.15, 0.2) is 0 Å². The molecule has 132 valence electrons. The van der Waals surface area contributed by atoms with Crippen LogP contribution in [0.5, 0.6) is 0 Å². The van der Waals surface area contributed by atoms with Crippen LogP contribution in [0.25, 0.3) is 0 Å². The normalized spacial score (nSPS) is 14.8. The van der Waals surface area contributed by atoms with E-state index in [1.54, 1.807) is 0 Å². The summed E-state index contributed by atoms with van der Waals surface area (Å²) in [6, 6.07) is 0. The van der Waals surface area contributed by atoms with Crippen LogP contribution in [0, 0.1) is 10.8 Å². The van der Waals surface area contributed by atoms with Gasteiger partial charge in [-0.3, -0.25) is 4.79 Å². The van der Waals surface area contributed by atoms with Crippen LogP contribution >= 0.6 is 0 Å². The fourth-order valence-electron chi connectivity index (χ4n) is 2.79. The number of carbonyl (C=O) groups excluding carboxylic acids is 1. The molecule has 0 bridgehead atoms. The van der Waals surface area contributed by atoms with Crippen LogP contribution in [-0.2, 0) is 9.53 Å². The lowest BCUT2D eigenvalue weighted by Crippen LogP contribution is -2.45. The molecule has 1 amide bonds. The summed E-state index contributed by atoms with van der Waals surface area (Å²) >= 11 is 0. The number of nitrogens with one attached hydrogen (secondary N) is 1. The van der Waals surface area contributed by atoms with Crippen molar-refractivity contribution in [3.8, 4) is 0 Å². The summed E-state index contributed by atoms with van der Waals surface area (Å²) in [5.41, 5.74) is 0.347. The van der Waals surface area contributed by atoms with E-state index in [-0.39, 0.29) is 23.0 Å². The summed E-state index contributed by atoms with van der Waals surface area (Å²) in [7, 11) is 0. The lowest BCUT2D eigenvalue weighted by Gasteiger charge is -2.33. The summed E-state index contributed by atoms with van der Waals surface area (Å²) in [6.07, 6.45) is 3.45. The van der Waals surface area contributed by atoms with Gasteiger partial charge in [0.1, 0.15) is 0 Å². The van der Waals surface area contributed by atoms with E-state index in [0.29, 0.717) is 11.8 Å². The van der Waals surface area contributed by atoms with Gasteiger partial charge >= 0.3 is 0 Å². The first kappa shape index (κ1) is 21.4. The summed E-state index contributed by atoms with van der Waals surface area (Å²) in [5.74, 6) is 0.125. The molecule has 3 heteroatoms. The highest BCUT2D eigenvalue weighted by Crippen LogP contribution is 2.27. The van der Waals surface area contributed by atoms with E-state index < -0.39 is 0 Å². The summed E-state index contributed by atoms with van der Waals surface area (Å²) in [4.78, 5) is 12.1. The highest BCUT2D eigenvalue weighted by Gasteiger charge is 2.26. The molecule has 0 aliphatic carbocycles. The van der Waals surface area contributed by atoms with Crippen LogP contribution in [0.1, 0.15) is 88.0 Å². The van der Waals surface area contributed by atoms with Crippen molar-refractivity contribution in [1.82, 2.24) is 5.32 Å². The van der Waals surface area contributed by atoms with Crippen molar-refractivity contribution in [3.63, 3.8) is 0 Å². The Kier molecular flexibility index (Phi) is 8.11. The van der Waals surface area contributed by atoms with Crippen LogP contribution in [0.15, 0.2) is 0 Å². The molecule has 0 aromatic carbocycles. The molecule has 1 unspecified atom stereocenters. The van der Waals surface area contributed by atoms with Crippen LogP contribution in [0.2, 0.25) is 0 Å². The Morgan fingerprint density at radius 3 is 2.00 bits per heavy atom. The van der Waals surface area contributed by atoms with E-state index in [1.807, 2.05) is 0 Å². The Labute approximate surface area is 138 Å². The highest BCUT2D eigenvalue weighted by molar-refractivity contribution is 5.76. The number of hydrogen-bond acceptors (Lipinski definition) is 2. The number of ether oxygens (including phenoxy) is 1. The van der Waals surface area contributed by atoms with Gasteiger partial charge in [-0.2, -0.15) is 0 Å². The van der Waals surface area contributed by atoms with Gasteiger partial charge < -0.3 is 10.1 Å². The lowest BCUT2D eigenvalue weighted by molar-refractivity contribution is -0.123. The van der Waals surface area contributed by atoms with Crippen LogP contribution in [0.4, 0.5) is 0 Å². The Hall–Kier alpha value is -0.570. The summed E-state index contributed by atoms with van der Waals surface area (Å²) in [6.45, 7) is 20.3. The quantitative estimate of drug-likeness (QED) is 0.689. The van der Waals surface area contributed by atoms with Crippen molar-refractivity contribution in [2.24, 2.45) is 10.8 Å². The maximum absolute atomic E-state index is 12.1. The fourth-order valence-corrected chi connectivity index (χ4v) is 2.79. The monoisotopic (exact) mass is 313 g/mol. The minimum atomic E-state index is -0.161. The van der Waals surface area contributed by atoms with Crippen molar-refractivity contribution in [2.45, 2.75) is 99.6 Å². The zero-order valence-electron chi connectivity index (χ0n) is 16.4. The second-order valence-electron chi connectivity index (χ2n) is 9.70. The van der Waals surface area contributed by atoms with Gasteiger partial charge in [0, 0.05) is 18.6 Å². The smallest absolute Gasteiger partial charge is 0.220 e. The van der Waals surface area contributed by atoms with E-state index >= 15 is 0 Å². The third-order valence-corrected chi connectivity index (χ3v) is 3.48. The topological polar surface area (TPSA) is 38.3 Å². The van der Waals surface area contributed by atoms with E-state index in [4.69, 9.17) is 4.74 Å². The Bertz CT molecular complexity index is 334. The zero-order valence-corrected chi connectivity index (χ0v) is 16.4. The van der Waals surface area contributed by atoms with Gasteiger partial charge in [0.2, 0.25) is 5.91 Å². The second kappa shape index (κ2) is 8.33. The van der Waals surface area contributed by atoms with Gasteiger partial charge in [-0.1, -0.05) is 41.5 Å². The van der Waals surface area contributed by atoms with E-state index in [0.717, 1.165) is 25.9 Å². The molecule has 0 aromatic rings. The van der Waals surface area contributed by atoms with Crippen LogP contribution in [0.3, 0.4) is 0 Å². The van der Waals surface area contributed by atoms with Gasteiger partial charge in [0.25, 0.3) is 0 Å². The van der Waals surface area contributed by atoms with E-state index in [1.165, 1.54) is 0 Å². The molecular weight excluding hydrogens is 274 g/mol. The summed E-state index contributed by atoms with van der Waals surface area (Å²) < 4.78 is 5.80. The molecule has 1 N–H and O–H groups in total. The molecule has 0 saturated carbocycles. The Morgan fingerprint density at radius 1 is 1.00 bits per heavy atom. The number of rotatable bonds is 8. The van der Waals surface area contributed by atoms with Crippen LogP contribution in [-0.4, -0.2) is 24.2 Å². The Balaban J connectivity index is 4.03. The summed E-state index contributed by atoms with van der Waals surface area (Å²) in [5, 5.41) is 3.15. The fraction of sp³-hybridized carbons (Fsp3) is 0.947. The van der Waals surface area contributed by atoms with Crippen molar-refractivity contribution in [1.29, 1.82) is 0 Å². The molecule has 22 heavy (non-hydrogen) atoms. The largest absolute Gasteiger partial charge is 0.378 e. The van der Waals surface area contributed by atoms with Gasteiger partial charge in [-0.15, -0.1) is 0 Å². The molecule has 0 fully saturated rings. The maximum atomic E-state index is 12.1. The molecule has 3 nitrogen and oxygen atoms in total. The number of carbonyl (C=O) groups is 1. The molecule has 0 spiro atoms. The molecule has 1 atom stereocenters. The molecule has 0 rings (SSSR count). The van der Waals surface area contributed by atoms with Crippen LogP contribution < -0.4 is 5.32 Å². The molecule has 0 aliphatic rings. The molecule has 0 aromatic heterocycles. The van der Waals surface area contributed by atoms with Gasteiger partial charge in [-0.25, -0.2) is 0 Å². The molecule has 0 aliphatic heterocycles. The molecule has 0 radical (unpaired) electrons. The second-order valence-corrected chi connectivity index (χ2v) is 9.70. The van der Waals surface area contributed by atoms with E-state index in [9.17, 15) is 4.79 Å². The zero-order chi connectivity index (χ0) is 17.6. The predicted molar refractivity (Wildman–Crippen MR) is 95.0 cm³/mol. The molecule has 0 saturated heterocycles. The first-order chi connectivity index (χ1) is 9.70. The molecule has 0 heterocycles. The highest BCUT2D eigenvalue weighted by atomic mass is 16.5. The first-order valence-electron chi connectivity index (χ1n) is 8.63. The van der Waals surface area contributed by atoms with Crippen molar-refractivity contribution in [2.75, 3.05) is 6.61 Å². The first-order valence-corrected chi connectivity index (χ1v) is 8.63. The third-order valence-electron chi connectivity index (χ3n) is 3.48. The average molecular weight is 314 g/mol. The van der Waals surface area contributed by atoms with Gasteiger partial charge in [-0.05, 0) is 50.9 Å². The van der Waals surface area contributed by atoms with E-state index in [2.05, 4.69) is 67.6 Å². The Morgan fingerprint density at radius 2 is 1.55 bits per heavy atom. The predicted octanol–water partition coefficient (Wildman–Crippen LogP) is 4.94. The minimum absolute atomic E-state index is 0.125. The van der Waals surface area contributed by atoms with Gasteiger partial charge in [0.05, 0.1) is 6.10 Å². The maximum Gasteiger partial charge on any atom is 0.220 e. The average Bonchev–Trinajstić information content (AvgIpc) is 2.20. The minimum Gasteiger partial charge on any atom is -0.378 e. The number of hydrogen-bond donors (Lipinski definition) is 1. The van der Waals surface area contributed by atoms with Crippen molar-refractivity contribution >= 4 is 5.91 Å². The lowest BCUT2D eigenvalue weighted by atomic mass is 9.81. The number of amides is 1. The standard InChI is InChI=1S/C19H39NO2/c1-15(22-13-12-17(2,3)4)10-11-16(21)20-19(8,9)14-18(5,6)7/h15H,10-14H2,1-9H3,(H,20,21). The van der Waals surface area contributed by atoms with Crippen molar-refractivity contribution in [3.05, 3.63) is 0 Å². The third kappa shape index (κ3) is 13.1.